The molecule has 0 aromatic heterocycles. The minimum atomic E-state index is -0.0249. The number of aliphatic hydroxyl groups excluding tert-OH is 1. The molecule has 0 bridgehead atoms. The van der Waals surface area contributed by atoms with Crippen molar-refractivity contribution in [3.63, 3.8) is 0 Å². The van der Waals surface area contributed by atoms with Crippen LogP contribution in [0.25, 0.3) is 0 Å². The predicted octanol–water partition coefficient (Wildman–Crippen LogP) is 2.01. The topological polar surface area (TPSA) is 20.2 Å². The van der Waals surface area contributed by atoms with Crippen molar-refractivity contribution in [2.24, 2.45) is 0 Å². The van der Waals surface area contributed by atoms with Crippen molar-refractivity contribution < 1.29 is 5.11 Å². The van der Waals surface area contributed by atoms with Gasteiger partial charge in [0.1, 0.15) is 0 Å². The molecule has 0 saturated heterocycles. The first-order valence-electron chi connectivity index (χ1n) is 4.24. The van der Waals surface area contributed by atoms with E-state index in [2.05, 4.69) is 0 Å². The Balaban J connectivity index is 2.13. The van der Waals surface area contributed by atoms with Gasteiger partial charge in [0, 0.05) is 0 Å². The molecular formula is C9H14O. The Kier molecular flexibility index (Phi) is 1.53. The molecule has 0 spiro atoms. The largest absolute Gasteiger partial charge is 0.392 e. The van der Waals surface area contributed by atoms with Crippen LogP contribution >= 0.6 is 0 Å². The van der Waals surface area contributed by atoms with Crippen LogP contribution in [-0.4, -0.2) is 11.2 Å². The van der Waals surface area contributed by atoms with Crippen molar-refractivity contribution in [1.82, 2.24) is 0 Å². The molecule has 10 heavy (non-hydrogen) atoms. The molecule has 0 unspecified atom stereocenters. The quantitative estimate of drug-likeness (QED) is 0.508. The second kappa shape index (κ2) is 2.39. The Morgan fingerprint density at radius 1 is 1.00 bits per heavy atom. The van der Waals surface area contributed by atoms with E-state index in [1.54, 1.807) is 11.1 Å². The molecule has 0 atom stereocenters. The number of aliphatic hydroxyl groups is 1. The van der Waals surface area contributed by atoms with Crippen LogP contribution in [0.4, 0.5) is 0 Å². The lowest BCUT2D eigenvalue weighted by Gasteiger charge is -2.12. The van der Waals surface area contributed by atoms with Gasteiger partial charge in [-0.3, -0.25) is 0 Å². The molecule has 0 heterocycles. The molecular weight excluding hydrogens is 124 g/mol. The molecule has 0 radical (unpaired) electrons. The highest BCUT2D eigenvalue weighted by Gasteiger charge is 2.23. The smallest absolute Gasteiger partial charge is 0.0614 e. The summed E-state index contributed by atoms with van der Waals surface area (Å²) in [6.45, 7) is 0. The average molecular weight is 138 g/mol. The average Bonchev–Trinajstić information content (AvgIpc) is 2.27. The monoisotopic (exact) mass is 138 g/mol. The van der Waals surface area contributed by atoms with Crippen molar-refractivity contribution in [2.45, 2.75) is 44.6 Å². The van der Waals surface area contributed by atoms with Crippen molar-refractivity contribution in [1.29, 1.82) is 0 Å². The molecule has 2 rings (SSSR count). The van der Waals surface area contributed by atoms with Gasteiger partial charge in [0.25, 0.3) is 0 Å². The van der Waals surface area contributed by atoms with E-state index in [1.807, 2.05) is 0 Å². The maximum absolute atomic E-state index is 9.32. The summed E-state index contributed by atoms with van der Waals surface area (Å²) in [7, 11) is 0. The Labute approximate surface area is 61.8 Å². The van der Waals surface area contributed by atoms with E-state index in [1.165, 1.54) is 25.7 Å². The van der Waals surface area contributed by atoms with Gasteiger partial charge >= 0.3 is 0 Å². The fraction of sp³-hybridized carbons (Fsp3) is 0.778. The van der Waals surface area contributed by atoms with E-state index >= 15 is 0 Å². The Bertz CT molecular complexity index is 152. The van der Waals surface area contributed by atoms with Gasteiger partial charge in [-0.05, 0) is 38.5 Å². The van der Waals surface area contributed by atoms with Crippen LogP contribution in [0.1, 0.15) is 38.5 Å². The van der Waals surface area contributed by atoms with E-state index in [4.69, 9.17) is 0 Å². The van der Waals surface area contributed by atoms with Gasteiger partial charge in [0.05, 0.1) is 6.10 Å². The SMILES string of the molecule is OC1CC2=C(CCCC2)C1. The molecule has 0 fully saturated rings. The van der Waals surface area contributed by atoms with Crippen LogP contribution in [0.3, 0.4) is 0 Å². The Hall–Kier alpha value is -0.300. The minimum Gasteiger partial charge on any atom is -0.392 e. The van der Waals surface area contributed by atoms with Gasteiger partial charge in [0.2, 0.25) is 0 Å². The van der Waals surface area contributed by atoms with E-state index in [-0.39, 0.29) is 6.10 Å². The van der Waals surface area contributed by atoms with Gasteiger partial charge < -0.3 is 5.11 Å². The third-order valence-electron chi connectivity index (χ3n) is 2.67. The van der Waals surface area contributed by atoms with E-state index in [0.717, 1.165) is 12.8 Å². The molecule has 1 heteroatoms. The van der Waals surface area contributed by atoms with Crippen LogP contribution in [0.15, 0.2) is 11.1 Å². The fourth-order valence-corrected chi connectivity index (χ4v) is 2.16. The highest BCUT2D eigenvalue weighted by Crippen LogP contribution is 2.36. The number of hydrogen-bond donors (Lipinski definition) is 1. The second-order valence-electron chi connectivity index (χ2n) is 3.48. The van der Waals surface area contributed by atoms with E-state index in [0.29, 0.717) is 0 Å². The Morgan fingerprint density at radius 3 is 2.00 bits per heavy atom. The van der Waals surface area contributed by atoms with Crippen LogP contribution in [0.2, 0.25) is 0 Å². The lowest BCUT2D eigenvalue weighted by Crippen LogP contribution is -1.98. The van der Waals surface area contributed by atoms with E-state index in [9.17, 15) is 5.11 Å². The first-order chi connectivity index (χ1) is 4.86. The Morgan fingerprint density at radius 2 is 1.50 bits per heavy atom. The minimum absolute atomic E-state index is 0.0249. The molecule has 2 aliphatic carbocycles. The van der Waals surface area contributed by atoms with E-state index < -0.39 is 0 Å². The summed E-state index contributed by atoms with van der Waals surface area (Å²) in [4.78, 5) is 0. The first-order valence-corrected chi connectivity index (χ1v) is 4.24. The molecule has 0 amide bonds. The van der Waals surface area contributed by atoms with Crippen molar-refractivity contribution >= 4 is 0 Å². The molecule has 0 aromatic carbocycles. The highest BCUT2D eigenvalue weighted by molar-refractivity contribution is 5.23. The summed E-state index contributed by atoms with van der Waals surface area (Å²) in [5.41, 5.74) is 3.16. The van der Waals surface area contributed by atoms with Crippen LogP contribution in [0, 0.1) is 0 Å². The lowest BCUT2D eigenvalue weighted by atomic mass is 9.94. The molecule has 0 saturated carbocycles. The van der Waals surface area contributed by atoms with Crippen molar-refractivity contribution in [2.75, 3.05) is 0 Å². The van der Waals surface area contributed by atoms with Crippen LogP contribution in [0.5, 0.6) is 0 Å². The summed E-state index contributed by atoms with van der Waals surface area (Å²) in [5.74, 6) is 0. The third-order valence-corrected chi connectivity index (χ3v) is 2.67. The fourth-order valence-electron chi connectivity index (χ4n) is 2.16. The zero-order chi connectivity index (χ0) is 6.97. The van der Waals surface area contributed by atoms with Crippen LogP contribution in [-0.2, 0) is 0 Å². The van der Waals surface area contributed by atoms with Gasteiger partial charge in [-0.1, -0.05) is 11.1 Å². The summed E-state index contributed by atoms with van der Waals surface area (Å²) >= 11 is 0. The molecule has 0 aromatic rings. The standard InChI is InChI=1S/C9H14O/c10-9-5-7-3-1-2-4-8(7)6-9/h9-10H,1-6H2. The summed E-state index contributed by atoms with van der Waals surface area (Å²) in [6.07, 6.45) is 7.18. The summed E-state index contributed by atoms with van der Waals surface area (Å²) in [5, 5.41) is 9.32. The number of hydrogen-bond acceptors (Lipinski definition) is 1. The second-order valence-corrected chi connectivity index (χ2v) is 3.48. The van der Waals surface area contributed by atoms with Gasteiger partial charge in [-0.15, -0.1) is 0 Å². The zero-order valence-corrected chi connectivity index (χ0v) is 6.27. The normalized spacial score (nSPS) is 27.3. The van der Waals surface area contributed by atoms with Gasteiger partial charge in [-0.2, -0.15) is 0 Å². The molecule has 56 valence electrons. The molecule has 1 N–H and O–H groups in total. The van der Waals surface area contributed by atoms with Gasteiger partial charge in [0.15, 0.2) is 0 Å². The van der Waals surface area contributed by atoms with Gasteiger partial charge in [-0.25, -0.2) is 0 Å². The number of rotatable bonds is 0. The maximum atomic E-state index is 9.32. The van der Waals surface area contributed by atoms with Crippen molar-refractivity contribution in [3.05, 3.63) is 11.1 Å². The zero-order valence-electron chi connectivity index (χ0n) is 6.27. The lowest BCUT2D eigenvalue weighted by molar-refractivity contribution is 0.185. The third kappa shape index (κ3) is 0.988. The molecule has 2 aliphatic rings. The molecule has 1 nitrogen and oxygen atoms in total. The predicted molar refractivity (Wildman–Crippen MR) is 40.7 cm³/mol. The molecule has 0 aliphatic heterocycles. The summed E-state index contributed by atoms with van der Waals surface area (Å²) in [6, 6.07) is 0. The highest BCUT2D eigenvalue weighted by atomic mass is 16.3. The maximum Gasteiger partial charge on any atom is 0.0614 e. The summed E-state index contributed by atoms with van der Waals surface area (Å²) < 4.78 is 0. The first kappa shape index (κ1) is 6.41. The van der Waals surface area contributed by atoms with Crippen molar-refractivity contribution in [3.8, 4) is 0 Å². The van der Waals surface area contributed by atoms with Crippen LogP contribution < -0.4 is 0 Å².